The summed E-state index contributed by atoms with van der Waals surface area (Å²) in [6.45, 7) is 0.736. The van der Waals surface area contributed by atoms with Gasteiger partial charge in [-0.2, -0.15) is 0 Å². The Morgan fingerprint density at radius 3 is 2.67 bits per heavy atom. The van der Waals surface area contributed by atoms with Gasteiger partial charge in [-0.1, -0.05) is 15.9 Å². The maximum atomic E-state index is 10.7. The van der Waals surface area contributed by atoms with Crippen molar-refractivity contribution in [2.75, 3.05) is 26.0 Å². The molecule has 54 valence electrons. The fourth-order valence-corrected chi connectivity index (χ4v) is 0.951. The third-order valence-corrected chi connectivity index (χ3v) is 1.34. The highest BCUT2D eigenvalue weighted by Gasteiger charge is 2.01. The third kappa shape index (κ3) is 3.35. The van der Waals surface area contributed by atoms with Crippen LogP contribution in [0, 0.1) is 0 Å². The number of carbonyl (C=O) groups is 1. The van der Waals surface area contributed by atoms with Gasteiger partial charge in [-0.15, -0.1) is 0 Å². The lowest BCUT2D eigenvalue weighted by atomic mass is 10.6. The summed E-state index contributed by atoms with van der Waals surface area (Å²) in [5.74, 6) is 0. The van der Waals surface area contributed by atoms with Gasteiger partial charge < -0.3 is 10.2 Å². The Hall–Kier alpha value is -0.250. The van der Waals surface area contributed by atoms with Crippen LogP contribution in [0.5, 0.6) is 0 Å². The largest absolute Gasteiger partial charge is 0.341 e. The lowest BCUT2D eigenvalue weighted by Crippen LogP contribution is -2.35. The maximum absolute atomic E-state index is 10.7. The second-order valence-electron chi connectivity index (χ2n) is 1.67. The molecule has 0 radical (unpaired) electrons. The molecular formula is C5H11BrN2O. The second-order valence-corrected chi connectivity index (χ2v) is 2.46. The van der Waals surface area contributed by atoms with Crippen molar-refractivity contribution >= 4 is 22.0 Å². The standard InChI is InChI=1S/C5H11BrN2O/c1-7-5(9)8(2)4-3-6/h3-4H2,1-2H3,(H,7,9). The summed E-state index contributed by atoms with van der Waals surface area (Å²) in [5, 5.41) is 3.33. The Morgan fingerprint density at radius 2 is 2.33 bits per heavy atom. The van der Waals surface area contributed by atoms with Crippen molar-refractivity contribution in [3.8, 4) is 0 Å². The van der Waals surface area contributed by atoms with Gasteiger partial charge in [0.25, 0.3) is 0 Å². The fourth-order valence-electron chi connectivity index (χ4n) is 0.419. The van der Waals surface area contributed by atoms with Crippen molar-refractivity contribution in [3.05, 3.63) is 0 Å². The fraction of sp³-hybridized carbons (Fsp3) is 0.800. The molecule has 0 rings (SSSR count). The number of amides is 2. The highest BCUT2D eigenvalue weighted by atomic mass is 79.9. The summed E-state index contributed by atoms with van der Waals surface area (Å²) < 4.78 is 0. The molecule has 0 saturated carbocycles. The lowest BCUT2D eigenvalue weighted by molar-refractivity contribution is 0.214. The van der Waals surface area contributed by atoms with Crippen LogP contribution in [-0.2, 0) is 0 Å². The van der Waals surface area contributed by atoms with Crippen molar-refractivity contribution in [2.45, 2.75) is 0 Å². The summed E-state index contributed by atoms with van der Waals surface area (Å²) in [6, 6.07) is -0.0468. The normalized spacial score (nSPS) is 8.78. The van der Waals surface area contributed by atoms with Gasteiger partial charge in [0.1, 0.15) is 0 Å². The number of hydrogen-bond acceptors (Lipinski definition) is 1. The number of rotatable bonds is 2. The minimum Gasteiger partial charge on any atom is -0.341 e. The Morgan fingerprint density at radius 1 is 1.78 bits per heavy atom. The summed E-state index contributed by atoms with van der Waals surface area (Å²) >= 11 is 3.23. The molecule has 0 aliphatic rings. The molecule has 0 saturated heterocycles. The third-order valence-electron chi connectivity index (χ3n) is 0.980. The van der Waals surface area contributed by atoms with E-state index in [-0.39, 0.29) is 6.03 Å². The van der Waals surface area contributed by atoms with E-state index in [1.54, 1.807) is 19.0 Å². The Labute approximate surface area is 63.5 Å². The number of halogens is 1. The molecule has 0 aliphatic heterocycles. The predicted octanol–water partition coefficient (Wildman–Crippen LogP) is 0.653. The number of nitrogens with zero attached hydrogens (tertiary/aromatic N) is 1. The molecule has 0 aliphatic carbocycles. The first-order chi connectivity index (χ1) is 4.22. The molecule has 0 atom stereocenters. The van der Waals surface area contributed by atoms with Crippen LogP contribution < -0.4 is 5.32 Å². The van der Waals surface area contributed by atoms with Crippen LogP contribution >= 0.6 is 15.9 Å². The number of hydrogen-bond donors (Lipinski definition) is 1. The van der Waals surface area contributed by atoms with Crippen LogP contribution in [0.3, 0.4) is 0 Å². The zero-order valence-electron chi connectivity index (χ0n) is 5.65. The van der Waals surface area contributed by atoms with Crippen LogP contribution in [0.2, 0.25) is 0 Å². The van der Waals surface area contributed by atoms with E-state index in [9.17, 15) is 4.79 Å². The second kappa shape index (κ2) is 4.61. The van der Waals surface area contributed by atoms with Crippen molar-refractivity contribution in [1.82, 2.24) is 10.2 Å². The van der Waals surface area contributed by atoms with E-state index in [2.05, 4.69) is 21.2 Å². The van der Waals surface area contributed by atoms with Crippen molar-refractivity contribution in [1.29, 1.82) is 0 Å². The van der Waals surface area contributed by atoms with E-state index in [1.807, 2.05) is 0 Å². The molecule has 9 heavy (non-hydrogen) atoms. The number of urea groups is 1. The minimum absolute atomic E-state index is 0.0468. The summed E-state index contributed by atoms with van der Waals surface area (Å²) in [5.41, 5.74) is 0. The zero-order valence-corrected chi connectivity index (χ0v) is 7.23. The Balaban J connectivity index is 3.45. The average Bonchev–Trinajstić information content (AvgIpc) is 1.87. The molecule has 4 heteroatoms. The van der Waals surface area contributed by atoms with E-state index < -0.39 is 0 Å². The van der Waals surface area contributed by atoms with Crippen LogP contribution in [-0.4, -0.2) is 36.9 Å². The van der Waals surface area contributed by atoms with E-state index >= 15 is 0 Å². The van der Waals surface area contributed by atoms with E-state index in [1.165, 1.54) is 0 Å². The molecule has 0 unspecified atom stereocenters. The van der Waals surface area contributed by atoms with Gasteiger partial charge in [-0.05, 0) is 0 Å². The smallest absolute Gasteiger partial charge is 0.316 e. The van der Waals surface area contributed by atoms with Gasteiger partial charge >= 0.3 is 6.03 Å². The zero-order chi connectivity index (χ0) is 7.28. The van der Waals surface area contributed by atoms with Crippen LogP contribution in [0.4, 0.5) is 4.79 Å². The van der Waals surface area contributed by atoms with Crippen LogP contribution in [0.15, 0.2) is 0 Å². The molecule has 3 nitrogen and oxygen atoms in total. The molecular weight excluding hydrogens is 184 g/mol. The van der Waals surface area contributed by atoms with Gasteiger partial charge in [0.2, 0.25) is 0 Å². The molecule has 2 amide bonds. The Kier molecular flexibility index (Phi) is 4.48. The van der Waals surface area contributed by atoms with Crippen LogP contribution in [0.1, 0.15) is 0 Å². The van der Waals surface area contributed by atoms with Crippen molar-refractivity contribution in [2.24, 2.45) is 0 Å². The van der Waals surface area contributed by atoms with Gasteiger partial charge in [-0.25, -0.2) is 4.79 Å². The van der Waals surface area contributed by atoms with Gasteiger partial charge in [0.15, 0.2) is 0 Å². The van der Waals surface area contributed by atoms with Crippen LogP contribution in [0.25, 0.3) is 0 Å². The highest BCUT2D eigenvalue weighted by Crippen LogP contribution is 1.86. The molecule has 0 heterocycles. The molecule has 0 aromatic heterocycles. The lowest BCUT2D eigenvalue weighted by Gasteiger charge is -2.13. The SMILES string of the molecule is CNC(=O)N(C)CCBr. The molecule has 0 bridgehead atoms. The minimum atomic E-state index is -0.0468. The van der Waals surface area contributed by atoms with E-state index in [0.29, 0.717) is 0 Å². The van der Waals surface area contributed by atoms with Gasteiger partial charge in [-0.3, -0.25) is 0 Å². The van der Waals surface area contributed by atoms with Gasteiger partial charge in [0, 0.05) is 26.0 Å². The number of carbonyl (C=O) groups excluding carboxylic acids is 1. The van der Waals surface area contributed by atoms with E-state index in [0.717, 1.165) is 11.9 Å². The molecule has 0 spiro atoms. The van der Waals surface area contributed by atoms with Crippen molar-refractivity contribution in [3.63, 3.8) is 0 Å². The molecule has 1 N–H and O–H groups in total. The summed E-state index contributed by atoms with van der Waals surface area (Å²) in [7, 11) is 3.37. The molecule has 0 aromatic rings. The molecule has 0 aromatic carbocycles. The first-order valence-corrected chi connectivity index (χ1v) is 3.83. The predicted molar refractivity (Wildman–Crippen MR) is 40.9 cm³/mol. The highest BCUT2D eigenvalue weighted by molar-refractivity contribution is 9.09. The quantitative estimate of drug-likeness (QED) is 0.644. The van der Waals surface area contributed by atoms with E-state index in [4.69, 9.17) is 0 Å². The van der Waals surface area contributed by atoms with Gasteiger partial charge in [0.05, 0.1) is 0 Å². The number of nitrogens with one attached hydrogen (secondary N) is 1. The topological polar surface area (TPSA) is 32.3 Å². The average molecular weight is 195 g/mol. The summed E-state index contributed by atoms with van der Waals surface area (Å²) in [4.78, 5) is 12.3. The number of alkyl halides is 1. The maximum Gasteiger partial charge on any atom is 0.316 e. The monoisotopic (exact) mass is 194 g/mol. The first-order valence-electron chi connectivity index (χ1n) is 2.71. The Bertz CT molecular complexity index is 97.0. The molecule has 0 fully saturated rings. The van der Waals surface area contributed by atoms with Crippen molar-refractivity contribution < 1.29 is 4.79 Å². The summed E-state index contributed by atoms with van der Waals surface area (Å²) in [6.07, 6.45) is 0. The first kappa shape index (κ1) is 8.75.